The van der Waals surface area contributed by atoms with Gasteiger partial charge in [0.2, 0.25) is 11.7 Å². The van der Waals surface area contributed by atoms with E-state index in [1.807, 2.05) is 36.4 Å². The van der Waals surface area contributed by atoms with Gasteiger partial charge in [0, 0.05) is 15.7 Å². The number of aryl methyl sites for hydroxylation is 1. The Morgan fingerprint density at radius 1 is 1.04 bits per heavy atom. The molecule has 1 N–H and O–H groups in total. The van der Waals surface area contributed by atoms with Crippen molar-refractivity contribution >= 4 is 34.2 Å². The molecule has 2 rings (SSSR count). The lowest BCUT2D eigenvalue weighted by Gasteiger charge is -2.14. The van der Waals surface area contributed by atoms with Crippen molar-refractivity contribution in [3.8, 4) is 17.2 Å². The lowest BCUT2D eigenvalue weighted by atomic mass is 10.1. The predicted octanol–water partition coefficient (Wildman–Crippen LogP) is 3.89. The fourth-order valence-electron chi connectivity index (χ4n) is 2.33. The van der Waals surface area contributed by atoms with Gasteiger partial charge in [-0.3, -0.25) is 4.79 Å². The minimum Gasteiger partial charge on any atom is -0.493 e. The Bertz CT molecular complexity index is 693. The summed E-state index contributed by atoms with van der Waals surface area (Å²) in [5, 5.41) is 2.90. The van der Waals surface area contributed by atoms with Crippen LogP contribution in [-0.2, 0) is 11.2 Å². The van der Waals surface area contributed by atoms with Gasteiger partial charge in [-0.1, -0.05) is 6.07 Å². The number of nitrogens with one attached hydrogen (secondary N) is 1. The molecular weight excluding hydrogens is 421 g/mol. The van der Waals surface area contributed by atoms with E-state index in [0.717, 1.165) is 14.8 Å². The van der Waals surface area contributed by atoms with Crippen LogP contribution in [0, 0.1) is 3.57 Å². The summed E-state index contributed by atoms with van der Waals surface area (Å²) < 4.78 is 17.0. The first-order valence-electron chi connectivity index (χ1n) is 7.41. The van der Waals surface area contributed by atoms with E-state index in [0.29, 0.717) is 30.1 Å². The summed E-state index contributed by atoms with van der Waals surface area (Å²) >= 11 is 2.21. The highest BCUT2D eigenvalue weighted by molar-refractivity contribution is 14.1. The molecule has 0 aliphatic heterocycles. The average molecular weight is 441 g/mol. The zero-order valence-electron chi connectivity index (χ0n) is 13.9. The van der Waals surface area contributed by atoms with Gasteiger partial charge in [0.1, 0.15) is 0 Å². The van der Waals surface area contributed by atoms with Crippen LogP contribution in [0.3, 0.4) is 0 Å². The van der Waals surface area contributed by atoms with Crippen LogP contribution in [0.1, 0.15) is 12.0 Å². The number of hydrogen-bond donors (Lipinski definition) is 1. The van der Waals surface area contributed by atoms with Crippen LogP contribution >= 0.6 is 22.6 Å². The molecule has 0 aliphatic rings. The van der Waals surface area contributed by atoms with E-state index < -0.39 is 0 Å². The number of carbonyl (C=O) groups excluding carboxylic acids is 1. The Kier molecular flexibility index (Phi) is 6.72. The maximum atomic E-state index is 12.1. The third kappa shape index (κ3) is 4.77. The van der Waals surface area contributed by atoms with Crippen molar-refractivity contribution in [1.82, 2.24) is 0 Å². The van der Waals surface area contributed by atoms with Gasteiger partial charge in [-0.15, -0.1) is 0 Å². The second kappa shape index (κ2) is 8.77. The molecule has 0 saturated heterocycles. The van der Waals surface area contributed by atoms with Crippen LogP contribution in [0.25, 0.3) is 0 Å². The van der Waals surface area contributed by atoms with Gasteiger partial charge in [-0.2, -0.15) is 0 Å². The van der Waals surface area contributed by atoms with Crippen molar-refractivity contribution < 1.29 is 19.0 Å². The average Bonchev–Trinajstić information content (AvgIpc) is 2.58. The lowest BCUT2D eigenvalue weighted by Crippen LogP contribution is -2.12. The Morgan fingerprint density at radius 3 is 2.25 bits per heavy atom. The number of benzene rings is 2. The van der Waals surface area contributed by atoms with Crippen molar-refractivity contribution in [3.05, 3.63) is 45.5 Å². The zero-order valence-corrected chi connectivity index (χ0v) is 16.0. The Balaban J connectivity index is 2.04. The third-order valence-electron chi connectivity index (χ3n) is 3.47. The standard InChI is InChI=1S/C18H20INO4/c1-22-15-9-12(10-16(23-2)18(15)24-3)7-8-17(21)20-14-6-4-5-13(19)11-14/h4-6,9-11H,7-8H2,1-3H3,(H,20,21). The monoisotopic (exact) mass is 441 g/mol. The Hall–Kier alpha value is -1.96. The van der Waals surface area contributed by atoms with Crippen LogP contribution in [0.5, 0.6) is 17.2 Å². The first-order chi connectivity index (χ1) is 11.6. The molecular formula is C18H20INO4. The number of methoxy groups -OCH3 is 3. The van der Waals surface area contributed by atoms with E-state index in [-0.39, 0.29) is 5.91 Å². The molecule has 5 nitrogen and oxygen atoms in total. The van der Waals surface area contributed by atoms with E-state index in [1.54, 1.807) is 21.3 Å². The number of amides is 1. The first-order valence-corrected chi connectivity index (χ1v) is 8.49. The fourth-order valence-corrected chi connectivity index (χ4v) is 2.87. The third-order valence-corrected chi connectivity index (χ3v) is 4.14. The lowest BCUT2D eigenvalue weighted by molar-refractivity contribution is -0.116. The quantitative estimate of drug-likeness (QED) is 0.663. The molecule has 0 radical (unpaired) electrons. The number of hydrogen-bond acceptors (Lipinski definition) is 4. The molecule has 0 heterocycles. The second-order valence-corrected chi connectivity index (χ2v) is 6.34. The molecule has 2 aromatic carbocycles. The smallest absolute Gasteiger partial charge is 0.224 e. The number of ether oxygens (including phenoxy) is 3. The van der Waals surface area contributed by atoms with E-state index in [9.17, 15) is 4.79 Å². The SMILES string of the molecule is COc1cc(CCC(=O)Nc2cccc(I)c2)cc(OC)c1OC. The van der Waals surface area contributed by atoms with Crippen LogP contribution in [0.15, 0.2) is 36.4 Å². The van der Waals surface area contributed by atoms with Gasteiger partial charge in [0.15, 0.2) is 11.5 Å². The van der Waals surface area contributed by atoms with Crippen molar-refractivity contribution in [2.24, 2.45) is 0 Å². The van der Waals surface area contributed by atoms with Crippen molar-refractivity contribution in [2.75, 3.05) is 26.6 Å². The molecule has 6 heteroatoms. The summed E-state index contributed by atoms with van der Waals surface area (Å²) in [5.74, 6) is 1.69. The largest absolute Gasteiger partial charge is 0.493 e. The summed E-state index contributed by atoms with van der Waals surface area (Å²) in [6.45, 7) is 0. The number of anilines is 1. The second-order valence-electron chi connectivity index (χ2n) is 5.09. The van der Waals surface area contributed by atoms with E-state index in [2.05, 4.69) is 27.9 Å². The van der Waals surface area contributed by atoms with E-state index in [4.69, 9.17) is 14.2 Å². The van der Waals surface area contributed by atoms with Crippen molar-refractivity contribution in [1.29, 1.82) is 0 Å². The number of rotatable bonds is 7. The maximum Gasteiger partial charge on any atom is 0.224 e. The summed E-state index contributed by atoms with van der Waals surface area (Å²) in [6, 6.07) is 11.4. The molecule has 0 fully saturated rings. The summed E-state index contributed by atoms with van der Waals surface area (Å²) in [5.41, 5.74) is 1.75. The minimum atomic E-state index is -0.0363. The molecule has 1 amide bonds. The molecule has 24 heavy (non-hydrogen) atoms. The van der Waals surface area contributed by atoms with Gasteiger partial charge < -0.3 is 19.5 Å². The molecule has 2 aromatic rings. The van der Waals surface area contributed by atoms with Crippen molar-refractivity contribution in [3.63, 3.8) is 0 Å². The van der Waals surface area contributed by atoms with Crippen molar-refractivity contribution in [2.45, 2.75) is 12.8 Å². The highest BCUT2D eigenvalue weighted by Crippen LogP contribution is 2.38. The normalized spacial score (nSPS) is 10.2. The number of halogens is 1. The maximum absolute atomic E-state index is 12.1. The first kappa shape index (κ1) is 18.4. The van der Waals surface area contributed by atoms with Crippen LogP contribution in [0.2, 0.25) is 0 Å². The van der Waals surface area contributed by atoms with Crippen LogP contribution < -0.4 is 19.5 Å². The molecule has 0 unspecified atom stereocenters. The molecule has 0 bridgehead atoms. The Labute approximate surface area is 155 Å². The van der Waals surface area contributed by atoms with E-state index >= 15 is 0 Å². The van der Waals surface area contributed by atoms with Crippen LogP contribution in [0.4, 0.5) is 5.69 Å². The van der Waals surface area contributed by atoms with Gasteiger partial charge in [0.05, 0.1) is 21.3 Å². The van der Waals surface area contributed by atoms with Gasteiger partial charge in [-0.05, 0) is 64.9 Å². The highest BCUT2D eigenvalue weighted by Gasteiger charge is 2.14. The molecule has 0 aromatic heterocycles. The molecule has 0 spiro atoms. The van der Waals surface area contributed by atoms with Gasteiger partial charge in [-0.25, -0.2) is 0 Å². The fraction of sp³-hybridized carbons (Fsp3) is 0.278. The molecule has 0 aliphatic carbocycles. The summed E-state index contributed by atoms with van der Waals surface area (Å²) in [6.07, 6.45) is 0.941. The minimum absolute atomic E-state index is 0.0363. The van der Waals surface area contributed by atoms with Crippen LogP contribution in [-0.4, -0.2) is 27.2 Å². The number of carbonyl (C=O) groups is 1. The molecule has 0 atom stereocenters. The van der Waals surface area contributed by atoms with Gasteiger partial charge in [0.25, 0.3) is 0 Å². The summed E-state index contributed by atoms with van der Waals surface area (Å²) in [4.78, 5) is 12.1. The van der Waals surface area contributed by atoms with E-state index in [1.165, 1.54) is 0 Å². The predicted molar refractivity (Wildman–Crippen MR) is 102 cm³/mol. The molecule has 128 valence electrons. The molecule has 0 saturated carbocycles. The topological polar surface area (TPSA) is 56.8 Å². The highest BCUT2D eigenvalue weighted by atomic mass is 127. The van der Waals surface area contributed by atoms with Gasteiger partial charge >= 0.3 is 0 Å². The summed E-state index contributed by atoms with van der Waals surface area (Å²) in [7, 11) is 4.71. The Morgan fingerprint density at radius 2 is 1.71 bits per heavy atom. The zero-order chi connectivity index (χ0) is 17.5.